The molecule has 1 nitrogen and oxygen atoms in total. The second-order valence-electron chi connectivity index (χ2n) is 10.5. The summed E-state index contributed by atoms with van der Waals surface area (Å²) in [7, 11) is 0. The van der Waals surface area contributed by atoms with Gasteiger partial charge in [0.1, 0.15) is 11.5 Å². The minimum atomic E-state index is -2.65. The predicted octanol–water partition coefficient (Wildman–Crippen LogP) is 8.19. The summed E-state index contributed by atoms with van der Waals surface area (Å²) < 4.78 is 151. The van der Waals surface area contributed by atoms with Crippen LogP contribution in [-0.2, 0) is 0 Å². The molecule has 12 heteroatoms. The van der Waals surface area contributed by atoms with Crippen LogP contribution in [0.1, 0.15) is 0 Å². The number of hydrogen-bond donors (Lipinski definition) is 0. The minimum Gasteiger partial charge on any atom is -0.456 e. The summed E-state index contributed by atoms with van der Waals surface area (Å²) in [4.78, 5) is 0. The highest BCUT2D eigenvalue weighted by molar-refractivity contribution is 6.95. The molecule has 1 aliphatic rings. The van der Waals surface area contributed by atoms with E-state index in [0.717, 1.165) is 28.6 Å². The largest absolute Gasteiger partial charge is 0.456 e. The number of para-hydroxylation sites is 1. The van der Waals surface area contributed by atoms with Crippen LogP contribution in [0.15, 0.2) is 78.9 Å². The highest BCUT2D eigenvalue weighted by Crippen LogP contribution is 2.48. The Morgan fingerprint density at radius 1 is 0.391 bits per heavy atom. The van der Waals surface area contributed by atoms with Crippen LogP contribution in [0, 0.1) is 58.2 Å². The molecule has 1 heterocycles. The van der Waals surface area contributed by atoms with Gasteiger partial charge in [-0.25, -0.2) is 43.9 Å². The summed E-state index contributed by atoms with van der Waals surface area (Å²) in [6.07, 6.45) is 0. The van der Waals surface area contributed by atoms with Crippen molar-refractivity contribution in [3.63, 3.8) is 0 Å². The average Bonchev–Trinajstić information content (AvgIpc) is 3.08. The Hall–Kier alpha value is -5.26. The van der Waals surface area contributed by atoms with E-state index in [-0.39, 0.29) is 0 Å². The van der Waals surface area contributed by atoms with E-state index in [4.69, 9.17) is 4.74 Å². The summed E-state index contributed by atoms with van der Waals surface area (Å²) in [5, 5.41) is 1.46. The molecule has 0 saturated heterocycles. The second-order valence-corrected chi connectivity index (χ2v) is 10.5. The molecule has 0 radical (unpaired) electrons. The highest BCUT2D eigenvalue weighted by Gasteiger charge is 2.40. The SMILES string of the molecule is Fc1c(F)c(F)c(B(c2ccc(-c3ccc4c5c(cccc35)Oc3ccccc3-4)cc2)c2c(F)c(F)c(F)c(F)c2F)c(F)c1F. The van der Waals surface area contributed by atoms with Gasteiger partial charge in [0.05, 0.1) is 0 Å². The number of benzene rings is 6. The van der Waals surface area contributed by atoms with Crippen molar-refractivity contribution < 1.29 is 48.6 Å². The average molecular weight is 638 g/mol. The van der Waals surface area contributed by atoms with Crippen molar-refractivity contribution in [1.29, 1.82) is 0 Å². The Labute approximate surface area is 253 Å². The smallest absolute Gasteiger partial charge is 0.257 e. The van der Waals surface area contributed by atoms with Gasteiger partial charge in [-0.3, -0.25) is 0 Å². The summed E-state index contributed by atoms with van der Waals surface area (Å²) in [6, 6.07) is 21.0. The van der Waals surface area contributed by atoms with E-state index in [1.165, 1.54) is 12.1 Å². The maximum Gasteiger partial charge on any atom is 0.257 e. The molecule has 7 rings (SSSR count). The van der Waals surface area contributed by atoms with E-state index in [1.807, 2.05) is 30.3 Å². The molecule has 6 aromatic rings. The summed E-state index contributed by atoms with van der Waals surface area (Å²) in [6.45, 7) is -2.65. The van der Waals surface area contributed by atoms with Gasteiger partial charge in [0.25, 0.3) is 6.71 Å². The van der Waals surface area contributed by atoms with Crippen LogP contribution in [0.5, 0.6) is 11.5 Å². The number of halogens is 10. The quantitative estimate of drug-likeness (QED) is 0.0819. The zero-order chi connectivity index (χ0) is 32.6. The molecule has 0 saturated carbocycles. The molecule has 0 N–H and O–H groups in total. The Balaban J connectivity index is 1.44. The Bertz CT molecular complexity index is 2120. The molecule has 228 valence electrons. The van der Waals surface area contributed by atoms with Crippen molar-refractivity contribution in [2.45, 2.75) is 0 Å². The third-order valence-corrected chi connectivity index (χ3v) is 8.02. The van der Waals surface area contributed by atoms with Crippen molar-refractivity contribution in [2.24, 2.45) is 0 Å². The van der Waals surface area contributed by atoms with Crippen molar-refractivity contribution in [3.8, 4) is 33.8 Å². The number of rotatable bonds is 4. The summed E-state index contributed by atoms with van der Waals surface area (Å²) in [5.74, 6) is -23.8. The van der Waals surface area contributed by atoms with Gasteiger partial charge in [-0.05, 0) is 34.2 Å². The Kier molecular flexibility index (Phi) is 6.84. The number of hydrogen-bond acceptors (Lipinski definition) is 1. The first-order valence-corrected chi connectivity index (χ1v) is 13.5. The molecule has 1 aliphatic heterocycles. The van der Waals surface area contributed by atoms with E-state index in [0.29, 0.717) is 28.0 Å². The van der Waals surface area contributed by atoms with E-state index in [2.05, 4.69) is 0 Å². The molecule has 0 amide bonds. The molecule has 0 aromatic heterocycles. The zero-order valence-electron chi connectivity index (χ0n) is 22.8. The lowest BCUT2D eigenvalue weighted by atomic mass is 9.36. The molecule has 46 heavy (non-hydrogen) atoms. The lowest BCUT2D eigenvalue weighted by molar-refractivity contribution is 0.382. The van der Waals surface area contributed by atoms with Crippen LogP contribution >= 0.6 is 0 Å². The fraction of sp³-hybridized carbons (Fsp3) is 0. The lowest BCUT2D eigenvalue weighted by Crippen LogP contribution is -2.58. The van der Waals surface area contributed by atoms with E-state index in [1.54, 1.807) is 24.3 Å². The van der Waals surface area contributed by atoms with Crippen molar-refractivity contribution >= 4 is 33.9 Å². The third-order valence-electron chi connectivity index (χ3n) is 8.02. The van der Waals surface area contributed by atoms with Crippen molar-refractivity contribution in [2.75, 3.05) is 0 Å². The standard InChI is InChI=1S/C34H13BF10O/c36-25-23(26(37)30(41)33(44)29(25)40)35(24-27(38)31(42)34(45)32(43)28(24)39)15-10-8-14(9-11-15)16-12-13-19-17-4-1-2-6-20(17)46-21-7-3-5-18(16)22(19)21/h1-13H. The fourth-order valence-electron chi connectivity index (χ4n) is 5.91. The van der Waals surface area contributed by atoms with Crippen LogP contribution in [-0.4, -0.2) is 6.71 Å². The van der Waals surface area contributed by atoms with Crippen molar-refractivity contribution in [3.05, 3.63) is 137 Å². The molecule has 0 fully saturated rings. The van der Waals surface area contributed by atoms with Crippen LogP contribution < -0.4 is 21.1 Å². The van der Waals surface area contributed by atoms with Gasteiger partial charge in [0.15, 0.2) is 58.2 Å². The van der Waals surface area contributed by atoms with E-state index < -0.39 is 81.3 Å². The number of fused-ring (bicyclic) bond motifs is 2. The first-order chi connectivity index (χ1) is 22.0. The Morgan fingerprint density at radius 2 is 0.870 bits per heavy atom. The molecule has 6 aromatic carbocycles. The van der Waals surface area contributed by atoms with Gasteiger partial charge in [0.2, 0.25) is 0 Å². The predicted molar refractivity (Wildman–Crippen MR) is 152 cm³/mol. The van der Waals surface area contributed by atoms with Gasteiger partial charge in [-0.1, -0.05) is 72.2 Å². The molecule has 0 unspecified atom stereocenters. The van der Waals surface area contributed by atoms with E-state index in [9.17, 15) is 26.3 Å². The summed E-state index contributed by atoms with van der Waals surface area (Å²) in [5.41, 5.74) is -1.41. The molecular formula is C34H13BF10O. The van der Waals surface area contributed by atoms with Gasteiger partial charge < -0.3 is 4.74 Å². The zero-order valence-corrected chi connectivity index (χ0v) is 22.8. The monoisotopic (exact) mass is 638 g/mol. The normalized spacial score (nSPS) is 11.9. The summed E-state index contributed by atoms with van der Waals surface area (Å²) >= 11 is 0. The molecule has 0 atom stereocenters. The van der Waals surface area contributed by atoms with Crippen LogP contribution in [0.25, 0.3) is 33.0 Å². The lowest BCUT2D eigenvalue weighted by Gasteiger charge is -2.23. The molecule has 0 aliphatic carbocycles. The number of ether oxygens (including phenoxy) is 1. The van der Waals surface area contributed by atoms with Crippen molar-refractivity contribution in [1.82, 2.24) is 0 Å². The third kappa shape index (κ3) is 4.19. The first kappa shape index (κ1) is 29.5. The maximum absolute atomic E-state index is 15.1. The minimum absolute atomic E-state index is 0.430. The Morgan fingerprint density at radius 3 is 1.43 bits per heavy atom. The van der Waals surface area contributed by atoms with Crippen LogP contribution in [0.3, 0.4) is 0 Å². The van der Waals surface area contributed by atoms with Gasteiger partial charge >= 0.3 is 0 Å². The molecule has 0 bridgehead atoms. The molecular weight excluding hydrogens is 625 g/mol. The highest BCUT2D eigenvalue weighted by atomic mass is 19.2. The second kappa shape index (κ2) is 10.7. The fourth-order valence-corrected chi connectivity index (χ4v) is 5.91. The van der Waals surface area contributed by atoms with Gasteiger partial charge in [-0.15, -0.1) is 0 Å². The maximum atomic E-state index is 15.1. The van der Waals surface area contributed by atoms with Crippen LogP contribution in [0.2, 0.25) is 0 Å². The van der Waals surface area contributed by atoms with E-state index >= 15 is 17.6 Å². The van der Waals surface area contributed by atoms with Gasteiger partial charge in [0, 0.05) is 21.9 Å². The molecule has 0 spiro atoms. The van der Waals surface area contributed by atoms with Gasteiger partial charge in [-0.2, -0.15) is 0 Å². The first-order valence-electron chi connectivity index (χ1n) is 13.5. The van der Waals surface area contributed by atoms with Crippen LogP contribution in [0.4, 0.5) is 43.9 Å². The topological polar surface area (TPSA) is 9.23 Å².